The molecule has 1 aliphatic rings. The fraction of sp³-hybridized carbons (Fsp3) is 0.467. The molecular weight excluding hydrogens is 252 g/mol. The molecule has 1 amide bonds. The van der Waals surface area contributed by atoms with Crippen molar-refractivity contribution in [1.82, 2.24) is 4.90 Å². The molecule has 2 rings (SSSR count). The lowest BCUT2D eigenvalue weighted by Gasteiger charge is -2.41. The maximum absolute atomic E-state index is 11.0. The number of carbonyl (C=O) groups is 1. The van der Waals surface area contributed by atoms with Gasteiger partial charge in [0.1, 0.15) is 5.54 Å². The second-order valence-electron chi connectivity index (χ2n) is 5.56. The Balaban J connectivity index is 2.01. The van der Waals surface area contributed by atoms with E-state index in [1.54, 1.807) is 12.1 Å². The van der Waals surface area contributed by atoms with Gasteiger partial charge in [0.2, 0.25) is 5.91 Å². The summed E-state index contributed by atoms with van der Waals surface area (Å²) < 4.78 is 0. The van der Waals surface area contributed by atoms with Crippen LogP contribution in [0.25, 0.3) is 0 Å². The number of rotatable bonds is 3. The number of primary amides is 1. The molecule has 1 saturated heterocycles. The Kier molecular flexibility index (Phi) is 3.96. The first kappa shape index (κ1) is 14.4. The van der Waals surface area contributed by atoms with E-state index < -0.39 is 11.4 Å². The number of piperazine rings is 1. The summed E-state index contributed by atoms with van der Waals surface area (Å²) in [5, 5.41) is 9.16. The molecule has 0 bridgehead atoms. The summed E-state index contributed by atoms with van der Waals surface area (Å²) >= 11 is 0. The number of nitriles is 1. The van der Waals surface area contributed by atoms with E-state index in [-0.39, 0.29) is 0 Å². The minimum absolute atomic E-state index is 0.405. The molecule has 1 aromatic rings. The monoisotopic (exact) mass is 272 g/mol. The van der Waals surface area contributed by atoms with E-state index in [4.69, 9.17) is 11.0 Å². The highest BCUT2D eigenvalue weighted by Crippen LogP contribution is 2.21. The highest BCUT2D eigenvalue weighted by atomic mass is 16.1. The molecule has 1 aliphatic heterocycles. The second kappa shape index (κ2) is 5.51. The van der Waals surface area contributed by atoms with Crippen molar-refractivity contribution in [2.24, 2.45) is 5.73 Å². The molecule has 0 radical (unpaired) electrons. The van der Waals surface area contributed by atoms with Gasteiger partial charge in [0.25, 0.3) is 0 Å². The minimum atomic E-state index is -0.415. The van der Waals surface area contributed by atoms with Crippen molar-refractivity contribution in [3.05, 3.63) is 29.8 Å². The maximum Gasteiger partial charge on any atom is 0.248 e. The molecule has 5 nitrogen and oxygen atoms in total. The van der Waals surface area contributed by atoms with Gasteiger partial charge < -0.3 is 10.6 Å². The van der Waals surface area contributed by atoms with Crippen LogP contribution in [0.15, 0.2) is 24.3 Å². The Morgan fingerprint density at radius 3 is 2.20 bits per heavy atom. The van der Waals surface area contributed by atoms with Crippen molar-refractivity contribution in [3.8, 4) is 6.07 Å². The van der Waals surface area contributed by atoms with Gasteiger partial charge in [-0.15, -0.1) is 0 Å². The molecule has 0 saturated carbocycles. The van der Waals surface area contributed by atoms with Crippen molar-refractivity contribution in [3.63, 3.8) is 0 Å². The maximum atomic E-state index is 11.0. The number of hydrogen-bond donors (Lipinski definition) is 1. The van der Waals surface area contributed by atoms with E-state index in [0.29, 0.717) is 5.56 Å². The second-order valence-corrected chi connectivity index (χ2v) is 5.56. The van der Waals surface area contributed by atoms with Gasteiger partial charge in [-0.05, 0) is 38.1 Å². The number of carbonyl (C=O) groups excluding carboxylic acids is 1. The van der Waals surface area contributed by atoms with Crippen LogP contribution < -0.4 is 10.6 Å². The van der Waals surface area contributed by atoms with Gasteiger partial charge in [-0.3, -0.25) is 9.69 Å². The van der Waals surface area contributed by atoms with Crippen molar-refractivity contribution < 1.29 is 4.79 Å². The first-order valence-electron chi connectivity index (χ1n) is 6.75. The number of hydrogen-bond acceptors (Lipinski definition) is 4. The molecule has 20 heavy (non-hydrogen) atoms. The summed E-state index contributed by atoms with van der Waals surface area (Å²) in [5.74, 6) is -0.405. The quantitative estimate of drug-likeness (QED) is 0.897. The van der Waals surface area contributed by atoms with Gasteiger partial charge >= 0.3 is 0 Å². The first-order valence-corrected chi connectivity index (χ1v) is 6.75. The number of amides is 1. The van der Waals surface area contributed by atoms with Crippen LogP contribution in [0.2, 0.25) is 0 Å². The van der Waals surface area contributed by atoms with E-state index in [0.717, 1.165) is 31.9 Å². The average Bonchev–Trinajstić information content (AvgIpc) is 2.47. The van der Waals surface area contributed by atoms with Gasteiger partial charge in [-0.25, -0.2) is 0 Å². The van der Waals surface area contributed by atoms with Gasteiger partial charge in [-0.2, -0.15) is 5.26 Å². The summed E-state index contributed by atoms with van der Waals surface area (Å²) in [7, 11) is 0. The fourth-order valence-corrected chi connectivity index (χ4v) is 2.43. The van der Waals surface area contributed by atoms with Gasteiger partial charge in [0.05, 0.1) is 6.07 Å². The third kappa shape index (κ3) is 2.91. The lowest BCUT2D eigenvalue weighted by molar-refractivity contribution is 0.100. The summed E-state index contributed by atoms with van der Waals surface area (Å²) in [4.78, 5) is 15.5. The lowest BCUT2D eigenvalue weighted by atomic mass is 10.0. The zero-order valence-corrected chi connectivity index (χ0v) is 12.0. The summed E-state index contributed by atoms with van der Waals surface area (Å²) in [5.41, 5.74) is 6.43. The lowest BCUT2D eigenvalue weighted by Crippen LogP contribution is -2.54. The molecule has 0 spiro atoms. The van der Waals surface area contributed by atoms with Crippen LogP contribution in [0.3, 0.4) is 0 Å². The van der Waals surface area contributed by atoms with E-state index in [2.05, 4.69) is 15.9 Å². The number of anilines is 1. The molecule has 0 aromatic heterocycles. The zero-order chi connectivity index (χ0) is 14.8. The number of benzene rings is 1. The molecule has 1 aromatic carbocycles. The Morgan fingerprint density at radius 1 is 1.20 bits per heavy atom. The van der Waals surface area contributed by atoms with Crippen molar-refractivity contribution in [1.29, 1.82) is 5.26 Å². The van der Waals surface area contributed by atoms with Crippen LogP contribution in [0, 0.1) is 11.3 Å². The van der Waals surface area contributed by atoms with Crippen LogP contribution in [0.1, 0.15) is 24.2 Å². The number of nitrogens with zero attached hydrogens (tertiary/aromatic N) is 3. The molecule has 0 unspecified atom stereocenters. The Hall–Kier alpha value is -2.06. The zero-order valence-electron chi connectivity index (χ0n) is 12.0. The smallest absolute Gasteiger partial charge is 0.248 e. The third-order valence-electron chi connectivity index (χ3n) is 3.86. The van der Waals surface area contributed by atoms with E-state index in [1.807, 2.05) is 26.0 Å². The van der Waals surface area contributed by atoms with Gasteiger partial charge in [-0.1, -0.05) is 0 Å². The Morgan fingerprint density at radius 2 is 1.75 bits per heavy atom. The highest BCUT2D eigenvalue weighted by molar-refractivity contribution is 5.93. The number of nitrogens with two attached hydrogens (primary N) is 1. The predicted octanol–water partition coefficient (Wildman–Crippen LogP) is 1.21. The van der Waals surface area contributed by atoms with E-state index in [9.17, 15) is 4.79 Å². The molecule has 1 fully saturated rings. The largest absolute Gasteiger partial charge is 0.369 e. The summed E-state index contributed by atoms with van der Waals surface area (Å²) in [6.07, 6.45) is 0. The fourth-order valence-electron chi connectivity index (χ4n) is 2.43. The standard InChI is InChI=1S/C15H20N4O/c1-15(2,11-16)19-9-7-18(8-10-19)13-5-3-12(4-6-13)14(17)20/h3-6H,7-10H2,1-2H3,(H2,17,20). The topological polar surface area (TPSA) is 73.4 Å². The molecule has 0 aliphatic carbocycles. The van der Waals surface area contributed by atoms with E-state index >= 15 is 0 Å². The van der Waals surface area contributed by atoms with Crippen molar-refractivity contribution in [2.45, 2.75) is 19.4 Å². The van der Waals surface area contributed by atoms with E-state index in [1.165, 1.54) is 0 Å². The predicted molar refractivity (Wildman–Crippen MR) is 78.4 cm³/mol. The van der Waals surface area contributed by atoms with Crippen molar-refractivity contribution >= 4 is 11.6 Å². The Labute approximate surface area is 119 Å². The molecule has 106 valence electrons. The molecule has 2 N–H and O–H groups in total. The molecule has 5 heteroatoms. The highest BCUT2D eigenvalue weighted by Gasteiger charge is 2.29. The van der Waals surface area contributed by atoms with Crippen LogP contribution >= 0.6 is 0 Å². The normalized spacial score (nSPS) is 16.8. The molecule has 1 heterocycles. The minimum Gasteiger partial charge on any atom is -0.369 e. The first-order chi connectivity index (χ1) is 9.44. The van der Waals surface area contributed by atoms with Crippen molar-refractivity contribution in [2.75, 3.05) is 31.1 Å². The average molecular weight is 272 g/mol. The van der Waals surface area contributed by atoms with Gasteiger partial charge in [0, 0.05) is 37.4 Å². The van der Waals surface area contributed by atoms with Crippen LogP contribution in [0.5, 0.6) is 0 Å². The Bertz CT molecular complexity index is 522. The van der Waals surface area contributed by atoms with Gasteiger partial charge in [0.15, 0.2) is 0 Å². The molecule has 0 atom stereocenters. The van der Waals surface area contributed by atoms with Crippen LogP contribution in [-0.4, -0.2) is 42.5 Å². The third-order valence-corrected chi connectivity index (χ3v) is 3.86. The van der Waals surface area contributed by atoms with Crippen LogP contribution in [0.4, 0.5) is 5.69 Å². The molecular formula is C15H20N4O. The SMILES string of the molecule is CC(C)(C#N)N1CCN(c2ccc(C(N)=O)cc2)CC1. The van der Waals surface area contributed by atoms with Crippen LogP contribution in [-0.2, 0) is 0 Å². The summed E-state index contributed by atoms with van der Waals surface area (Å²) in [6, 6.07) is 9.69. The summed E-state index contributed by atoms with van der Waals surface area (Å²) in [6.45, 7) is 7.37.